The zero-order valence-electron chi connectivity index (χ0n) is 10.4. The summed E-state index contributed by atoms with van der Waals surface area (Å²) in [4.78, 5) is 0. The van der Waals surface area contributed by atoms with E-state index in [1.807, 2.05) is 19.1 Å². The van der Waals surface area contributed by atoms with Gasteiger partial charge in [0.05, 0.1) is 6.61 Å². The Kier molecular flexibility index (Phi) is 4.02. The quantitative estimate of drug-likeness (QED) is 0.869. The molecule has 17 heavy (non-hydrogen) atoms. The lowest BCUT2D eigenvalue weighted by atomic mass is 9.85. The Hall–Kier alpha value is -1.06. The second-order valence-electron chi connectivity index (χ2n) is 4.73. The van der Waals surface area contributed by atoms with Gasteiger partial charge >= 0.3 is 0 Å². The molecule has 2 rings (SSSR count). The summed E-state index contributed by atoms with van der Waals surface area (Å²) in [6, 6.07) is 8.24. The maximum atomic E-state index is 6.38. The third-order valence-corrected chi connectivity index (χ3v) is 3.28. The van der Waals surface area contributed by atoms with E-state index in [4.69, 9.17) is 15.2 Å². The molecule has 0 spiro atoms. The van der Waals surface area contributed by atoms with Crippen molar-refractivity contribution in [3.8, 4) is 5.75 Å². The van der Waals surface area contributed by atoms with Crippen LogP contribution in [0.3, 0.4) is 0 Å². The number of hydrogen-bond donors (Lipinski definition) is 1. The highest BCUT2D eigenvalue weighted by molar-refractivity contribution is 5.28. The van der Waals surface area contributed by atoms with Crippen LogP contribution in [0.2, 0.25) is 0 Å². The van der Waals surface area contributed by atoms with Gasteiger partial charge in [-0.3, -0.25) is 0 Å². The van der Waals surface area contributed by atoms with Crippen molar-refractivity contribution in [3.05, 3.63) is 29.8 Å². The fourth-order valence-corrected chi connectivity index (χ4v) is 2.23. The number of benzene rings is 1. The number of rotatable bonds is 4. The van der Waals surface area contributed by atoms with Gasteiger partial charge in [0.25, 0.3) is 0 Å². The van der Waals surface area contributed by atoms with E-state index < -0.39 is 0 Å². The molecule has 1 saturated heterocycles. The average Bonchev–Trinajstić information content (AvgIpc) is 2.33. The Labute approximate surface area is 103 Å². The highest BCUT2D eigenvalue weighted by Gasteiger charge is 2.27. The molecule has 0 amide bonds. The fourth-order valence-electron chi connectivity index (χ4n) is 2.23. The molecule has 1 aromatic rings. The average molecular weight is 235 g/mol. The standard InChI is InChI=1S/C14H21NO2/c1-2-17-13-5-3-12(4-6-13)11-14(15)7-9-16-10-8-14/h3-6H,2,7-11,15H2,1H3. The van der Waals surface area contributed by atoms with Crippen molar-refractivity contribution in [3.63, 3.8) is 0 Å². The predicted octanol–water partition coefficient (Wildman–Crippen LogP) is 2.14. The molecular formula is C14H21NO2. The molecule has 0 bridgehead atoms. The Balaban J connectivity index is 1.97. The largest absolute Gasteiger partial charge is 0.494 e. The SMILES string of the molecule is CCOc1ccc(CC2(N)CCOCC2)cc1. The van der Waals surface area contributed by atoms with Gasteiger partial charge in [0, 0.05) is 18.8 Å². The van der Waals surface area contributed by atoms with Crippen LogP contribution in [0.4, 0.5) is 0 Å². The minimum atomic E-state index is -0.0919. The number of hydrogen-bond acceptors (Lipinski definition) is 3. The van der Waals surface area contributed by atoms with Crippen LogP contribution in [0, 0.1) is 0 Å². The van der Waals surface area contributed by atoms with Crippen LogP contribution in [0.25, 0.3) is 0 Å². The van der Waals surface area contributed by atoms with Crippen molar-refractivity contribution in [2.24, 2.45) is 5.73 Å². The summed E-state index contributed by atoms with van der Waals surface area (Å²) in [5.74, 6) is 0.925. The first kappa shape index (κ1) is 12.4. The smallest absolute Gasteiger partial charge is 0.119 e. The van der Waals surface area contributed by atoms with Crippen LogP contribution in [0.15, 0.2) is 24.3 Å². The minimum absolute atomic E-state index is 0.0919. The fraction of sp³-hybridized carbons (Fsp3) is 0.571. The normalized spacial score (nSPS) is 18.9. The van der Waals surface area contributed by atoms with Gasteiger partial charge in [-0.25, -0.2) is 0 Å². The predicted molar refractivity (Wildman–Crippen MR) is 68.3 cm³/mol. The first-order chi connectivity index (χ1) is 8.22. The summed E-state index contributed by atoms with van der Waals surface area (Å²) in [6.07, 6.45) is 2.81. The van der Waals surface area contributed by atoms with E-state index in [-0.39, 0.29) is 5.54 Å². The van der Waals surface area contributed by atoms with Gasteiger partial charge in [0.1, 0.15) is 5.75 Å². The molecule has 3 heteroatoms. The van der Waals surface area contributed by atoms with Crippen molar-refractivity contribution >= 4 is 0 Å². The molecule has 3 nitrogen and oxygen atoms in total. The first-order valence-corrected chi connectivity index (χ1v) is 6.30. The zero-order chi connectivity index (χ0) is 12.1. The Morgan fingerprint density at radius 3 is 2.47 bits per heavy atom. The second-order valence-corrected chi connectivity index (χ2v) is 4.73. The molecule has 0 unspecified atom stereocenters. The Morgan fingerprint density at radius 2 is 1.88 bits per heavy atom. The summed E-state index contributed by atoms with van der Waals surface area (Å²) in [5.41, 5.74) is 7.56. The van der Waals surface area contributed by atoms with E-state index in [1.54, 1.807) is 0 Å². The Morgan fingerprint density at radius 1 is 1.24 bits per heavy atom. The number of ether oxygens (including phenoxy) is 2. The molecular weight excluding hydrogens is 214 g/mol. The van der Waals surface area contributed by atoms with Crippen molar-refractivity contribution < 1.29 is 9.47 Å². The maximum Gasteiger partial charge on any atom is 0.119 e. The lowest BCUT2D eigenvalue weighted by molar-refractivity contribution is 0.0533. The first-order valence-electron chi connectivity index (χ1n) is 6.30. The van der Waals surface area contributed by atoms with Crippen molar-refractivity contribution in [2.45, 2.75) is 31.7 Å². The molecule has 1 fully saturated rings. The van der Waals surface area contributed by atoms with Crippen molar-refractivity contribution in [2.75, 3.05) is 19.8 Å². The van der Waals surface area contributed by atoms with Gasteiger partial charge in [-0.2, -0.15) is 0 Å². The highest BCUT2D eigenvalue weighted by Crippen LogP contribution is 2.23. The van der Waals surface area contributed by atoms with Gasteiger partial charge in [-0.05, 0) is 43.9 Å². The van der Waals surface area contributed by atoms with E-state index in [2.05, 4.69) is 12.1 Å². The van der Waals surface area contributed by atoms with Gasteiger partial charge in [0.2, 0.25) is 0 Å². The van der Waals surface area contributed by atoms with Crippen molar-refractivity contribution in [1.82, 2.24) is 0 Å². The Bertz CT molecular complexity index is 342. The molecule has 0 saturated carbocycles. The molecule has 1 aliphatic heterocycles. The minimum Gasteiger partial charge on any atom is -0.494 e. The van der Waals surface area contributed by atoms with Crippen LogP contribution < -0.4 is 10.5 Å². The zero-order valence-corrected chi connectivity index (χ0v) is 10.4. The summed E-state index contributed by atoms with van der Waals surface area (Å²) in [6.45, 7) is 4.27. The third-order valence-electron chi connectivity index (χ3n) is 3.28. The molecule has 0 aliphatic carbocycles. The summed E-state index contributed by atoms with van der Waals surface area (Å²) >= 11 is 0. The molecule has 1 aliphatic rings. The van der Waals surface area contributed by atoms with Crippen LogP contribution in [-0.2, 0) is 11.2 Å². The number of nitrogens with two attached hydrogens (primary N) is 1. The van der Waals surface area contributed by atoms with E-state index >= 15 is 0 Å². The van der Waals surface area contributed by atoms with E-state index in [9.17, 15) is 0 Å². The third kappa shape index (κ3) is 3.45. The van der Waals surface area contributed by atoms with Gasteiger partial charge in [-0.15, -0.1) is 0 Å². The summed E-state index contributed by atoms with van der Waals surface area (Å²) in [7, 11) is 0. The molecule has 94 valence electrons. The van der Waals surface area contributed by atoms with Crippen LogP contribution in [0.1, 0.15) is 25.3 Å². The maximum absolute atomic E-state index is 6.38. The van der Waals surface area contributed by atoms with Gasteiger partial charge in [-0.1, -0.05) is 12.1 Å². The van der Waals surface area contributed by atoms with Gasteiger partial charge in [0.15, 0.2) is 0 Å². The topological polar surface area (TPSA) is 44.5 Å². The molecule has 1 heterocycles. The summed E-state index contributed by atoms with van der Waals surface area (Å²) in [5, 5.41) is 0. The monoisotopic (exact) mass is 235 g/mol. The molecule has 1 aromatic carbocycles. The second kappa shape index (κ2) is 5.52. The molecule has 0 atom stereocenters. The van der Waals surface area contributed by atoms with Crippen LogP contribution in [0.5, 0.6) is 5.75 Å². The lowest BCUT2D eigenvalue weighted by Crippen LogP contribution is -2.46. The molecule has 0 aromatic heterocycles. The lowest BCUT2D eigenvalue weighted by Gasteiger charge is -2.33. The molecule has 2 N–H and O–H groups in total. The highest BCUT2D eigenvalue weighted by atomic mass is 16.5. The van der Waals surface area contributed by atoms with Crippen molar-refractivity contribution in [1.29, 1.82) is 0 Å². The van der Waals surface area contributed by atoms with E-state index in [0.29, 0.717) is 6.61 Å². The van der Waals surface area contributed by atoms with Crippen LogP contribution >= 0.6 is 0 Å². The van der Waals surface area contributed by atoms with Crippen LogP contribution in [-0.4, -0.2) is 25.4 Å². The van der Waals surface area contributed by atoms with E-state index in [1.165, 1.54) is 5.56 Å². The summed E-state index contributed by atoms with van der Waals surface area (Å²) < 4.78 is 10.8. The van der Waals surface area contributed by atoms with Gasteiger partial charge < -0.3 is 15.2 Å². The molecule has 0 radical (unpaired) electrons. The van der Waals surface area contributed by atoms with E-state index in [0.717, 1.165) is 38.2 Å².